The van der Waals surface area contributed by atoms with Crippen molar-refractivity contribution in [2.75, 3.05) is 0 Å². The van der Waals surface area contributed by atoms with Gasteiger partial charge in [0, 0.05) is 11.4 Å². The number of rotatable bonds is 15. The predicted octanol–water partition coefficient (Wildman–Crippen LogP) is 7.98. The van der Waals surface area contributed by atoms with E-state index in [-0.39, 0.29) is 17.9 Å². The molecule has 158 valence electrons. The Hall–Kier alpha value is -0.680. The molecule has 0 atom stereocenters. The minimum absolute atomic E-state index is 0.0571. The molecule has 0 saturated heterocycles. The lowest BCUT2D eigenvalue weighted by molar-refractivity contribution is 0.0562. The number of hydrogen-bond acceptors (Lipinski definition) is 3. The molecule has 0 fully saturated rings. The maximum atomic E-state index is 13.0. The molecule has 5 heteroatoms. The highest BCUT2D eigenvalue weighted by Gasteiger charge is 2.41. The van der Waals surface area contributed by atoms with Crippen LogP contribution in [0.1, 0.15) is 124 Å². The number of thiophene rings is 1. The van der Waals surface area contributed by atoms with Crippen molar-refractivity contribution in [2.24, 2.45) is 0 Å². The molecule has 2 heterocycles. The number of imide groups is 1. The Bertz CT molecular complexity index is 612. The predicted molar refractivity (Wildman–Crippen MR) is 122 cm³/mol. The number of unbranched alkanes of at least 4 members (excludes halogenated alkanes) is 10. The Morgan fingerprint density at radius 1 is 0.821 bits per heavy atom. The summed E-state index contributed by atoms with van der Waals surface area (Å²) in [7, 11) is 0. The lowest BCUT2D eigenvalue weighted by atomic mass is 9.98. The van der Waals surface area contributed by atoms with Crippen LogP contribution in [-0.4, -0.2) is 22.8 Å². The van der Waals surface area contributed by atoms with Gasteiger partial charge in [0.25, 0.3) is 11.8 Å². The molecular weight excluding hydrogens is 434 g/mol. The Kier molecular flexibility index (Phi) is 10.8. The van der Waals surface area contributed by atoms with Gasteiger partial charge in [0.2, 0.25) is 0 Å². The first-order valence-electron chi connectivity index (χ1n) is 11.3. The molecule has 1 aliphatic heterocycles. The fourth-order valence-electron chi connectivity index (χ4n) is 4.09. The third-order valence-corrected chi connectivity index (χ3v) is 7.50. The van der Waals surface area contributed by atoms with Gasteiger partial charge in [0.05, 0.1) is 14.9 Å². The van der Waals surface area contributed by atoms with Crippen molar-refractivity contribution < 1.29 is 9.59 Å². The summed E-state index contributed by atoms with van der Waals surface area (Å²) in [6, 6.07) is 0.0571. The summed E-state index contributed by atoms with van der Waals surface area (Å²) in [6.45, 7) is 4.47. The van der Waals surface area contributed by atoms with Crippen LogP contribution in [0, 0.1) is 0 Å². The van der Waals surface area contributed by atoms with Gasteiger partial charge in [-0.1, -0.05) is 90.9 Å². The SMILES string of the molecule is CCCCCCCCC(CCCCCCCC)N1C(=O)c2csc(Br)c2C1=O. The van der Waals surface area contributed by atoms with Gasteiger partial charge in [0.1, 0.15) is 0 Å². The van der Waals surface area contributed by atoms with Crippen LogP contribution < -0.4 is 0 Å². The van der Waals surface area contributed by atoms with Crippen molar-refractivity contribution in [1.29, 1.82) is 0 Å². The van der Waals surface area contributed by atoms with Crippen molar-refractivity contribution in [2.45, 2.75) is 110 Å². The van der Waals surface area contributed by atoms with Crippen molar-refractivity contribution in [1.82, 2.24) is 4.90 Å². The zero-order valence-corrected chi connectivity index (χ0v) is 20.0. The first kappa shape index (κ1) is 23.6. The first-order chi connectivity index (χ1) is 13.6. The van der Waals surface area contributed by atoms with Crippen LogP contribution in [0.15, 0.2) is 9.17 Å². The highest BCUT2D eigenvalue weighted by Crippen LogP contribution is 2.37. The van der Waals surface area contributed by atoms with Gasteiger partial charge in [-0.05, 0) is 28.8 Å². The number of nitrogens with zero attached hydrogens (tertiary/aromatic N) is 1. The van der Waals surface area contributed by atoms with Crippen LogP contribution in [-0.2, 0) is 0 Å². The molecule has 3 nitrogen and oxygen atoms in total. The fourth-order valence-corrected chi connectivity index (χ4v) is 5.51. The van der Waals surface area contributed by atoms with Crippen LogP contribution in [0.3, 0.4) is 0 Å². The fraction of sp³-hybridized carbons (Fsp3) is 0.739. The molecule has 0 radical (unpaired) electrons. The Labute approximate surface area is 183 Å². The van der Waals surface area contributed by atoms with Crippen molar-refractivity contribution in [3.63, 3.8) is 0 Å². The molecule has 1 aromatic heterocycles. The average molecular weight is 471 g/mol. The number of hydrogen-bond donors (Lipinski definition) is 0. The van der Waals surface area contributed by atoms with E-state index >= 15 is 0 Å². The summed E-state index contributed by atoms with van der Waals surface area (Å²) in [5, 5.41) is 1.83. The second kappa shape index (κ2) is 12.8. The van der Waals surface area contributed by atoms with Crippen LogP contribution in [0.5, 0.6) is 0 Å². The van der Waals surface area contributed by atoms with E-state index in [9.17, 15) is 9.59 Å². The van der Waals surface area contributed by atoms with Gasteiger partial charge in [-0.25, -0.2) is 0 Å². The molecule has 2 rings (SSSR count). The molecule has 0 saturated carbocycles. The van der Waals surface area contributed by atoms with E-state index in [1.54, 1.807) is 4.90 Å². The summed E-state index contributed by atoms with van der Waals surface area (Å²) in [6.07, 6.45) is 16.8. The average Bonchev–Trinajstić information content (AvgIpc) is 3.18. The van der Waals surface area contributed by atoms with E-state index in [1.165, 1.54) is 75.5 Å². The smallest absolute Gasteiger partial charge is 0.263 e. The summed E-state index contributed by atoms with van der Waals surface area (Å²) in [5.74, 6) is -0.168. The quantitative estimate of drug-likeness (QED) is 0.192. The largest absolute Gasteiger partial charge is 0.271 e. The van der Waals surface area contributed by atoms with Gasteiger partial charge in [-0.3, -0.25) is 14.5 Å². The molecule has 0 N–H and O–H groups in total. The monoisotopic (exact) mass is 469 g/mol. The molecule has 28 heavy (non-hydrogen) atoms. The molecule has 0 spiro atoms. The van der Waals surface area contributed by atoms with E-state index in [0.29, 0.717) is 11.1 Å². The molecule has 0 aromatic carbocycles. The lowest BCUT2D eigenvalue weighted by Crippen LogP contribution is -2.40. The Balaban J connectivity index is 1.91. The topological polar surface area (TPSA) is 37.4 Å². The number of fused-ring (bicyclic) bond motifs is 1. The summed E-state index contributed by atoms with van der Waals surface area (Å²) in [5.41, 5.74) is 1.18. The summed E-state index contributed by atoms with van der Waals surface area (Å²) < 4.78 is 0.793. The molecule has 2 amide bonds. The number of carbonyl (C=O) groups is 2. The van der Waals surface area contributed by atoms with E-state index < -0.39 is 0 Å². The van der Waals surface area contributed by atoms with Crippen molar-refractivity contribution >= 4 is 39.1 Å². The van der Waals surface area contributed by atoms with Gasteiger partial charge >= 0.3 is 0 Å². The molecule has 0 unspecified atom stereocenters. The third-order valence-electron chi connectivity index (χ3n) is 5.77. The maximum Gasteiger partial charge on any atom is 0.263 e. The first-order valence-corrected chi connectivity index (χ1v) is 12.9. The van der Waals surface area contributed by atoms with Gasteiger partial charge in [-0.15, -0.1) is 11.3 Å². The number of amides is 2. The van der Waals surface area contributed by atoms with Crippen LogP contribution in [0.4, 0.5) is 0 Å². The van der Waals surface area contributed by atoms with Gasteiger partial charge in [-0.2, -0.15) is 0 Å². The van der Waals surface area contributed by atoms with Gasteiger partial charge in [0.15, 0.2) is 0 Å². The molecule has 0 aliphatic carbocycles. The standard InChI is InChI=1S/C23H36BrNO2S/c1-3-5-7-9-11-13-15-18(16-14-12-10-8-6-4-2)25-22(26)19-17-28-21(24)20(19)23(25)27/h17-18H,3-16H2,1-2H3. The minimum atomic E-state index is -0.0879. The summed E-state index contributed by atoms with van der Waals surface area (Å²) >= 11 is 4.89. The molecule has 0 bridgehead atoms. The normalized spacial score (nSPS) is 13.8. The van der Waals surface area contributed by atoms with Gasteiger partial charge < -0.3 is 0 Å². The zero-order valence-electron chi connectivity index (χ0n) is 17.6. The van der Waals surface area contributed by atoms with E-state index in [0.717, 1.165) is 29.5 Å². The van der Waals surface area contributed by atoms with Crippen molar-refractivity contribution in [3.8, 4) is 0 Å². The van der Waals surface area contributed by atoms with E-state index in [1.807, 2.05) is 5.38 Å². The van der Waals surface area contributed by atoms with E-state index in [2.05, 4.69) is 29.8 Å². The van der Waals surface area contributed by atoms with Crippen LogP contribution in [0.2, 0.25) is 0 Å². The molecular formula is C23H36BrNO2S. The second-order valence-electron chi connectivity index (χ2n) is 8.05. The maximum absolute atomic E-state index is 13.0. The molecule has 1 aromatic rings. The summed E-state index contributed by atoms with van der Waals surface area (Å²) in [4.78, 5) is 27.4. The van der Waals surface area contributed by atoms with Crippen LogP contribution in [0.25, 0.3) is 0 Å². The number of halogens is 1. The number of carbonyl (C=O) groups excluding carboxylic acids is 2. The van der Waals surface area contributed by atoms with Crippen molar-refractivity contribution in [3.05, 3.63) is 20.3 Å². The van der Waals surface area contributed by atoms with Crippen LogP contribution >= 0.6 is 27.3 Å². The highest BCUT2D eigenvalue weighted by molar-refractivity contribution is 9.11. The third kappa shape index (κ3) is 6.41. The molecule has 1 aliphatic rings. The lowest BCUT2D eigenvalue weighted by Gasteiger charge is -2.26. The second-order valence-corrected chi connectivity index (χ2v) is 10.2. The van der Waals surface area contributed by atoms with E-state index in [4.69, 9.17) is 0 Å². The Morgan fingerprint density at radius 2 is 1.32 bits per heavy atom. The Morgan fingerprint density at radius 3 is 1.82 bits per heavy atom. The highest BCUT2D eigenvalue weighted by atomic mass is 79.9. The minimum Gasteiger partial charge on any atom is -0.271 e. The zero-order chi connectivity index (χ0) is 20.4.